The average Bonchev–Trinajstić information content (AvgIpc) is 2.42. The zero-order valence-corrected chi connectivity index (χ0v) is 11.1. The van der Waals surface area contributed by atoms with Gasteiger partial charge < -0.3 is 4.90 Å². The highest BCUT2D eigenvalue weighted by atomic mass is 19.4. The quantitative estimate of drug-likeness (QED) is 0.854. The molecule has 1 aromatic heterocycles. The molecule has 0 fully saturated rings. The van der Waals surface area contributed by atoms with Crippen molar-refractivity contribution in [3.8, 4) is 6.07 Å². The first-order chi connectivity index (χ1) is 9.29. The summed E-state index contributed by atoms with van der Waals surface area (Å²) in [6, 6.07) is 3.87. The standard InChI is InChI=1S/C13H14F3N3O/c1-3-19(8-9(2)6-17)12(20)11-5-4-10(7-18-11)13(14,15)16/h4-5,7,9H,3,8H2,1-2H3. The highest BCUT2D eigenvalue weighted by molar-refractivity contribution is 5.92. The highest BCUT2D eigenvalue weighted by Gasteiger charge is 2.31. The van der Waals surface area contributed by atoms with Crippen LogP contribution < -0.4 is 0 Å². The minimum atomic E-state index is -4.48. The Hall–Kier alpha value is -2.10. The maximum absolute atomic E-state index is 12.4. The van der Waals surface area contributed by atoms with Crippen molar-refractivity contribution in [2.75, 3.05) is 13.1 Å². The predicted molar refractivity (Wildman–Crippen MR) is 65.6 cm³/mol. The summed E-state index contributed by atoms with van der Waals surface area (Å²) in [5.41, 5.74) is -0.965. The number of alkyl halides is 3. The van der Waals surface area contributed by atoms with Crippen LogP contribution >= 0.6 is 0 Å². The summed E-state index contributed by atoms with van der Waals surface area (Å²) >= 11 is 0. The summed E-state index contributed by atoms with van der Waals surface area (Å²) in [7, 11) is 0. The number of hydrogen-bond acceptors (Lipinski definition) is 3. The minimum Gasteiger partial charge on any atom is -0.336 e. The molecule has 0 saturated carbocycles. The second-order valence-electron chi connectivity index (χ2n) is 4.30. The summed E-state index contributed by atoms with van der Waals surface area (Å²) in [6.45, 7) is 3.96. The van der Waals surface area contributed by atoms with Gasteiger partial charge in [-0.3, -0.25) is 9.78 Å². The third-order valence-electron chi connectivity index (χ3n) is 2.69. The molecule has 0 aliphatic carbocycles. The van der Waals surface area contributed by atoms with E-state index >= 15 is 0 Å². The minimum absolute atomic E-state index is 0.0648. The van der Waals surface area contributed by atoms with E-state index in [-0.39, 0.29) is 18.2 Å². The predicted octanol–water partition coefficient (Wildman–Crippen LogP) is 2.72. The van der Waals surface area contributed by atoms with Crippen LogP contribution in [0.4, 0.5) is 13.2 Å². The van der Waals surface area contributed by atoms with Gasteiger partial charge in [0.05, 0.1) is 17.6 Å². The Labute approximate surface area is 114 Å². The Bertz CT molecular complexity index is 505. The van der Waals surface area contributed by atoms with Crippen molar-refractivity contribution in [3.63, 3.8) is 0 Å². The third kappa shape index (κ3) is 3.95. The van der Waals surface area contributed by atoms with Crippen LogP contribution in [-0.4, -0.2) is 28.9 Å². The monoisotopic (exact) mass is 285 g/mol. The van der Waals surface area contributed by atoms with E-state index in [0.29, 0.717) is 12.7 Å². The first-order valence-electron chi connectivity index (χ1n) is 6.01. The smallest absolute Gasteiger partial charge is 0.336 e. The molecule has 0 aliphatic rings. The summed E-state index contributed by atoms with van der Waals surface area (Å²) in [4.78, 5) is 17.0. The normalized spacial score (nSPS) is 12.6. The molecule has 0 spiro atoms. The van der Waals surface area contributed by atoms with Gasteiger partial charge in [0, 0.05) is 19.3 Å². The molecule has 0 saturated heterocycles. The van der Waals surface area contributed by atoms with Gasteiger partial charge in [0.25, 0.3) is 5.91 Å². The van der Waals surface area contributed by atoms with Crippen LogP contribution in [0.3, 0.4) is 0 Å². The SMILES string of the molecule is CCN(CC(C)C#N)C(=O)c1ccc(C(F)(F)F)cn1. The first kappa shape index (κ1) is 16.0. The Morgan fingerprint density at radius 2 is 2.15 bits per heavy atom. The molecule has 108 valence electrons. The molecule has 20 heavy (non-hydrogen) atoms. The van der Waals surface area contributed by atoms with Crippen LogP contribution in [0, 0.1) is 17.2 Å². The molecule has 1 atom stereocenters. The molecule has 4 nitrogen and oxygen atoms in total. The van der Waals surface area contributed by atoms with Gasteiger partial charge in [0.2, 0.25) is 0 Å². The number of nitriles is 1. The molecule has 1 rings (SSSR count). The van der Waals surface area contributed by atoms with Crippen molar-refractivity contribution < 1.29 is 18.0 Å². The van der Waals surface area contributed by atoms with E-state index in [4.69, 9.17) is 5.26 Å². The fourth-order valence-corrected chi connectivity index (χ4v) is 1.58. The molecule has 1 aromatic rings. The Kier molecular flexibility index (Phi) is 5.08. The highest BCUT2D eigenvalue weighted by Crippen LogP contribution is 2.28. The van der Waals surface area contributed by atoms with Gasteiger partial charge in [-0.15, -0.1) is 0 Å². The van der Waals surface area contributed by atoms with Crippen molar-refractivity contribution in [1.82, 2.24) is 9.88 Å². The molecular weight excluding hydrogens is 271 g/mol. The van der Waals surface area contributed by atoms with Gasteiger partial charge in [0.15, 0.2) is 0 Å². The van der Waals surface area contributed by atoms with E-state index in [9.17, 15) is 18.0 Å². The Morgan fingerprint density at radius 1 is 1.50 bits per heavy atom. The molecule has 7 heteroatoms. The van der Waals surface area contributed by atoms with Gasteiger partial charge in [-0.25, -0.2) is 0 Å². The van der Waals surface area contributed by atoms with Gasteiger partial charge in [-0.1, -0.05) is 0 Å². The third-order valence-corrected chi connectivity index (χ3v) is 2.69. The van der Waals surface area contributed by atoms with Gasteiger partial charge in [-0.2, -0.15) is 18.4 Å². The van der Waals surface area contributed by atoms with E-state index in [1.54, 1.807) is 13.8 Å². The number of pyridine rings is 1. The molecule has 0 aliphatic heterocycles. The topological polar surface area (TPSA) is 57.0 Å². The maximum Gasteiger partial charge on any atom is 0.417 e. The van der Waals surface area contributed by atoms with Crippen molar-refractivity contribution in [1.29, 1.82) is 5.26 Å². The molecule has 0 aromatic carbocycles. The summed E-state index contributed by atoms with van der Waals surface area (Å²) < 4.78 is 37.2. The number of carbonyl (C=O) groups is 1. The van der Waals surface area contributed by atoms with Gasteiger partial charge in [0.1, 0.15) is 5.69 Å². The Balaban J connectivity index is 2.89. The van der Waals surface area contributed by atoms with E-state index in [1.165, 1.54) is 4.90 Å². The number of carbonyl (C=O) groups excluding carboxylic acids is 1. The second-order valence-corrected chi connectivity index (χ2v) is 4.30. The number of rotatable bonds is 4. The molecular formula is C13H14F3N3O. The number of aromatic nitrogens is 1. The van der Waals surface area contributed by atoms with Crippen molar-refractivity contribution in [2.24, 2.45) is 5.92 Å². The van der Waals surface area contributed by atoms with Crippen LogP contribution in [0.15, 0.2) is 18.3 Å². The molecule has 0 bridgehead atoms. The average molecular weight is 285 g/mol. The van der Waals surface area contributed by atoms with E-state index in [2.05, 4.69) is 4.98 Å². The summed E-state index contributed by atoms with van der Waals surface area (Å²) in [5.74, 6) is -0.836. The summed E-state index contributed by atoms with van der Waals surface area (Å²) in [5, 5.41) is 8.73. The Morgan fingerprint density at radius 3 is 2.55 bits per heavy atom. The van der Waals surface area contributed by atoms with Crippen LogP contribution in [-0.2, 0) is 6.18 Å². The number of amides is 1. The van der Waals surface area contributed by atoms with Crippen molar-refractivity contribution >= 4 is 5.91 Å². The van der Waals surface area contributed by atoms with Crippen LogP contribution in [0.25, 0.3) is 0 Å². The van der Waals surface area contributed by atoms with Crippen molar-refractivity contribution in [3.05, 3.63) is 29.6 Å². The largest absolute Gasteiger partial charge is 0.417 e. The first-order valence-corrected chi connectivity index (χ1v) is 6.01. The maximum atomic E-state index is 12.4. The van der Waals surface area contributed by atoms with E-state index < -0.39 is 17.6 Å². The molecule has 1 heterocycles. The molecule has 1 unspecified atom stereocenters. The van der Waals surface area contributed by atoms with Crippen LogP contribution in [0.2, 0.25) is 0 Å². The van der Waals surface area contributed by atoms with E-state index in [0.717, 1.165) is 12.1 Å². The lowest BCUT2D eigenvalue weighted by molar-refractivity contribution is -0.137. The molecule has 0 radical (unpaired) electrons. The summed E-state index contributed by atoms with van der Waals surface area (Å²) in [6.07, 6.45) is -3.84. The zero-order valence-electron chi connectivity index (χ0n) is 11.1. The zero-order chi connectivity index (χ0) is 15.3. The number of hydrogen-bond donors (Lipinski definition) is 0. The number of halogens is 3. The van der Waals surface area contributed by atoms with Crippen LogP contribution in [0.1, 0.15) is 29.9 Å². The fourth-order valence-electron chi connectivity index (χ4n) is 1.58. The second kappa shape index (κ2) is 6.37. The molecule has 0 N–H and O–H groups in total. The van der Waals surface area contributed by atoms with E-state index in [1.807, 2.05) is 6.07 Å². The van der Waals surface area contributed by atoms with Gasteiger partial charge in [-0.05, 0) is 26.0 Å². The molecule has 1 amide bonds. The lowest BCUT2D eigenvalue weighted by atomic mass is 10.2. The lowest BCUT2D eigenvalue weighted by Crippen LogP contribution is -2.34. The lowest BCUT2D eigenvalue weighted by Gasteiger charge is -2.21. The van der Waals surface area contributed by atoms with Crippen molar-refractivity contribution in [2.45, 2.75) is 20.0 Å². The van der Waals surface area contributed by atoms with Crippen LogP contribution in [0.5, 0.6) is 0 Å². The number of nitrogens with zero attached hydrogens (tertiary/aromatic N) is 3. The van der Waals surface area contributed by atoms with Gasteiger partial charge >= 0.3 is 6.18 Å². The fraction of sp³-hybridized carbons (Fsp3) is 0.462.